The Morgan fingerprint density at radius 1 is 1.05 bits per heavy atom. The molecule has 0 saturated heterocycles. The van der Waals surface area contributed by atoms with Crippen LogP contribution < -0.4 is 14.9 Å². The molecule has 2 aromatic rings. The molecule has 0 spiro atoms. The lowest BCUT2D eigenvalue weighted by Gasteiger charge is -2.07. The third kappa shape index (κ3) is 3.82. The molecule has 0 unspecified atom stereocenters. The molecule has 0 radical (unpaired) electrons. The molecule has 0 bridgehead atoms. The first-order valence-electron chi connectivity index (χ1n) is 6.35. The second-order valence-electron chi connectivity index (χ2n) is 4.18. The van der Waals surface area contributed by atoms with Gasteiger partial charge in [-0.15, -0.1) is 0 Å². The third-order valence-electron chi connectivity index (χ3n) is 2.82. The summed E-state index contributed by atoms with van der Waals surface area (Å²) in [5.74, 6) is 0.992. The van der Waals surface area contributed by atoms with Crippen LogP contribution in [-0.2, 0) is 0 Å². The van der Waals surface area contributed by atoms with Gasteiger partial charge in [0.1, 0.15) is 0 Å². The van der Waals surface area contributed by atoms with Gasteiger partial charge in [0, 0.05) is 5.56 Å². The van der Waals surface area contributed by atoms with Gasteiger partial charge in [0.05, 0.1) is 20.4 Å². The molecule has 21 heavy (non-hydrogen) atoms. The first-order chi connectivity index (χ1) is 10.2. The molecule has 0 aromatic heterocycles. The predicted molar refractivity (Wildman–Crippen MR) is 81.0 cm³/mol. The van der Waals surface area contributed by atoms with Crippen LogP contribution in [0.4, 0.5) is 0 Å². The number of methoxy groups -OCH3 is 2. The summed E-state index contributed by atoms with van der Waals surface area (Å²) in [6.45, 7) is 0. The van der Waals surface area contributed by atoms with Crippen molar-refractivity contribution < 1.29 is 14.3 Å². The zero-order chi connectivity index (χ0) is 15.1. The van der Waals surface area contributed by atoms with Gasteiger partial charge < -0.3 is 9.47 Å². The lowest BCUT2D eigenvalue weighted by molar-refractivity contribution is 0.0955. The number of hydrogen-bond donors (Lipinski definition) is 1. The number of hydrazone groups is 1. The van der Waals surface area contributed by atoms with Gasteiger partial charge in [-0.2, -0.15) is 5.10 Å². The highest BCUT2D eigenvalue weighted by molar-refractivity contribution is 5.94. The highest BCUT2D eigenvalue weighted by atomic mass is 16.5. The highest BCUT2D eigenvalue weighted by Gasteiger charge is 2.04. The summed E-state index contributed by atoms with van der Waals surface area (Å²) in [6.07, 6.45) is 1.54. The largest absolute Gasteiger partial charge is 0.493 e. The standard InChI is InChI=1S/C16H16N2O3/c1-20-14-9-8-12(10-15(14)21-2)11-17-18-16(19)13-6-4-3-5-7-13/h3-11H,1-2H3,(H,18,19). The van der Waals surface area contributed by atoms with Gasteiger partial charge in [-0.25, -0.2) is 5.43 Å². The molecule has 1 N–H and O–H groups in total. The van der Waals surface area contributed by atoms with Gasteiger partial charge in [0.15, 0.2) is 11.5 Å². The first kappa shape index (κ1) is 14.6. The van der Waals surface area contributed by atoms with E-state index in [0.29, 0.717) is 17.1 Å². The van der Waals surface area contributed by atoms with Crippen LogP contribution in [0.5, 0.6) is 11.5 Å². The smallest absolute Gasteiger partial charge is 0.271 e. The van der Waals surface area contributed by atoms with Crippen molar-refractivity contribution in [3.63, 3.8) is 0 Å². The minimum absolute atomic E-state index is 0.257. The Morgan fingerprint density at radius 2 is 1.76 bits per heavy atom. The number of benzene rings is 2. The van der Waals surface area contributed by atoms with Crippen LogP contribution in [0.25, 0.3) is 0 Å². The van der Waals surface area contributed by atoms with E-state index in [1.165, 1.54) is 0 Å². The lowest BCUT2D eigenvalue weighted by atomic mass is 10.2. The number of amides is 1. The Bertz CT molecular complexity index is 639. The zero-order valence-electron chi connectivity index (χ0n) is 11.9. The first-order valence-corrected chi connectivity index (χ1v) is 6.35. The molecule has 0 aliphatic heterocycles. The van der Waals surface area contributed by atoms with Crippen LogP contribution >= 0.6 is 0 Å². The Morgan fingerprint density at radius 3 is 2.43 bits per heavy atom. The molecule has 5 heteroatoms. The van der Waals surface area contributed by atoms with Crippen molar-refractivity contribution in [2.24, 2.45) is 5.10 Å². The average Bonchev–Trinajstić information content (AvgIpc) is 2.55. The van der Waals surface area contributed by atoms with E-state index < -0.39 is 0 Å². The summed E-state index contributed by atoms with van der Waals surface area (Å²) < 4.78 is 10.4. The van der Waals surface area contributed by atoms with Crippen molar-refractivity contribution in [3.8, 4) is 11.5 Å². The molecule has 0 aliphatic carbocycles. The topological polar surface area (TPSA) is 59.9 Å². The monoisotopic (exact) mass is 284 g/mol. The summed E-state index contributed by atoms with van der Waals surface area (Å²) in [5.41, 5.74) is 3.82. The molecule has 0 aliphatic rings. The summed E-state index contributed by atoms with van der Waals surface area (Å²) in [7, 11) is 3.14. The van der Waals surface area contributed by atoms with E-state index in [1.54, 1.807) is 56.8 Å². The van der Waals surface area contributed by atoms with Gasteiger partial charge in [0.25, 0.3) is 5.91 Å². The Kier molecular flexibility index (Phi) is 4.93. The summed E-state index contributed by atoms with van der Waals surface area (Å²) >= 11 is 0. The van der Waals surface area contributed by atoms with Crippen LogP contribution in [-0.4, -0.2) is 26.3 Å². The molecule has 0 fully saturated rings. The maximum atomic E-state index is 11.8. The van der Waals surface area contributed by atoms with Crippen molar-refractivity contribution in [1.82, 2.24) is 5.43 Å². The van der Waals surface area contributed by atoms with Crippen molar-refractivity contribution in [3.05, 3.63) is 59.7 Å². The predicted octanol–water partition coefficient (Wildman–Crippen LogP) is 2.47. The van der Waals surface area contributed by atoms with Crippen molar-refractivity contribution in [2.75, 3.05) is 14.2 Å². The Hall–Kier alpha value is -2.82. The van der Waals surface area contributed by atoms with Crippen LogP contribution in [0.15, 0.2) is 53.6 Å². The SMILES string of the molecule is COc1ccc(C=NNC(=O)c2ccccc2)cc1OC. The number of rotatable bonds is 5. The molecule has 0 atom stereocenters. The molecule has 2 rings (SSSR count). The maximum absolute atomic E-state index is 11.8. The molecule has 0 saturated carbocycles. The fraction of sp³-hybridized carbons (Fsp3) is 0.125. The van der Waals surface area contributed by atoms with Crippen LogP contribution in [0, 0.1) is 0 Å². The molecular formula is C16H16N2O3. The normalized spacial score (nSPS) is 10.4. The maximum Gasteiger partial charge on any atom is 0.271 e. The number of nitrogens with one attached hydrogen (secondary N) is 1. The second-order valence-corrected chi connectivity index (χ2v) is 4.18. The van der Waals surface area contributed by atoms with E-state index in [1.807, 2.05) is 12.1 Å². The highest BCUT2D eigenvalue weighted by Crippen LogP contribution is 2.26. The van der Waals surface area contributed by atoms with E-state index in [9.17, 15) is 4.79 Å². The molecule has 0 heterocycles. The van der Waals surface area contributed by atoms with E-state index in [-0.39, 0.29) is 5.91 Å². The fourth-order valence-corrected chi connectivity index (χ4v) is 1.75. The minimum Gasteiger partial charge on any atom is -0.493 e. The number of carbonyl (C=O) groups is 1. The summed E-state index contributed by atoms with van der Waals surface area (Å²) in [5, 5.41) is 3.93. The van der Waals surface area contributed by atoms with Gasteiger partial charge >= 0.3 is 0 Å². The number of hydrogen-bond acceptors (Lipinski definition) is 4. The second kappa shape index (κ2) is 7.09. The molecule has 2 aromatic carbocycles. The fourth-order valence-electron chi connectivity index (χ4n) is 1.75. The molecule has 1 amide bonds. The Balaban J connectivity index is 2.03. The summed E-state index contributed by atoms with van der Waals surface area (Å²) in [6, 6.07) is 14.3. The molecule has 5 nitrogen and oxygen atoms in total. The van der Waals surface area contributed by atoms with Gasteiger partial charge in [-0.1, -0.05) is 18.2 Å². The van der Waals surface area contributed by atoms with Crippen LogP contribution in [0.3, 0.4) is 0 Å². The molecule has 108 valence electrons. The van der Waals surface area contributed by atoms with Crippen molar-refractivity contribution in [2.45, 2.75) is 0 Å². The number of nitrogens with zero attached hydrogens (tertiary/aromatic N) is 1. The van der Waals surface area contributed by atoms with E-state index in [0.717, 1.165) is 5.56 Å². The van der Waals surface area contributed by atoms with Crippen molar-refractivity contribution >= 4 is 12.1 Å². The zero-order valence-corrected chi connectivity index (χ0v) is 11.9. The third-order valence-corrected chi connectivity index (χ3v) is 2.82. The Labute approximate surface area is 123 Å². The van der Waals surface area contributed by atoms with Gasteiger partial charge in [-0.3, -0.25) is 4.79 Å². The number of ether oxygens (including phenoxy) is 2. The minimum atomic E-state index is -0.257. The van der Waals surface area contributed by atoms with Gasteiger partial charge in [-0.05, 0) is 35.9 Å². The summed E-state index contributed by atoms with van der Waals surface area (Å²) in [4.78, 5) is 11.8. The van der Waals surface area contributed by atoms with E-state index in [4.69, 9.17) is 9.47 Å². The molecular weight excluding hydrogens is 268 g/mol. The lowest BCUT2D eigenvalue weighted by Crippen LogP contribution is -2.17. The average molecular weight is 284 g/mol. The number of carbonyl (C=O) groups excluding carboxylic acids is 1. The van der Waals surface area contributed by atoms with Crippen LogP contribution in [0.2, 0.25) is 0 Å². The van der Waals surface area contributed by atoms with Crippen LogP contribution in [0.1, 0.15) is 15.9 Å². The van der Waals surface area contributed by atoms with E-state index >= 15 is 0 Å². The van der Waals surface area contributed by atoms with Crippen molar-refractivity contribution in [1.29, 1.82) is 0 Å². The quantitative estimate of drug-likeness (QED) is 0.677. The van der Waals surface area contributed by atoms with Gasteiger partial charge in [0.2, 0.25) is 0 Å². The van der Waals surface area contributed by atoms with E-state index in [2.05, 4.69) is 10.5 Å².